The summed E-state index contributed by atoms with van der Waals surface area (Å²) in [4.78, 5) is 10.2. The van der Waals surface area contributed by atoms with Crippen LogP contribution in [-0.4, -0.2) is 29.0 Å². The molecule has 0 spiro atoms. The van der Waals surface area contributed by atoms with Crippen molar-refractivity contribution in [1.82, 2.24) is 5.32 Å². The van der Waals surface area contributed by atoms with E-state index in [1.165, 1.54) is 0 Å². The molecule has 0 amide bonds. The van der Waals surface area contributed by atoms with Crippen LogP contribution in [-0.2, 0) is 6.54 Å². The van der Waals surface area contributed by atoms with Gasteiger partial charge >= 0.3 is 12.3 Å². The summed E-state index contributed by atoms with van der Waals surface area (Å²) in [6, 6.07) is 12.4. The molecule has 0 saturated carbocycles. The molecule has 2 rings (SSSR count). The number of alkyl halides is 4. The van der Waals surface area contributed by atoms with Gasteiger partial charge in [0.2, 0.25) is 0 Å². The highest BCUT2D eigenvalue weighted by Crippen LogP contribution is 2.29. The van der Waals surface area contributed by atoms with Crippen LogP contribution >= 0.6 is 12.2 Å². The Bertz CT molecular complexity index is 838. The van der Waals surface area contributed by atoms with Crippen molar-refractivity contribution in [3.63, 3.8) is 0 Å². The summed E-state index contributed by atoms with van der Waals surface area (Å²) in [6.07, 6.45) is -3.92. The smallest absolute Gasteiger partial charge is 0.340 e. The molecule has 0 fully saturated rings. The SMILES string of the molecule is O=[N+]([O-])c1cc(NC(=S)NCc2ccccc2)cc(OCC(F)(F)C(F)F)c1. The van der Waals surface area contributed by atoms with Crippen molar-refractivity contribution in [2.75, 3.05) is 11.9 Å². The van der Waals surface area contributed by atoms with Crippen molar-refractivity contribution < 1.29 is 27.2 Å². The van der Waals surface area contributed by atoms with E-state index in [0.29, 0.717) is 6.54 Å². The summed E-state index contributed by atoms with van der Waals surface area (Å²) in [5.41, 5.74) is 0.533. The van der Waals surface area contributed by atoms with Gasteiger partial charge in [0.25, 0.3) is 5.69 Å². The molecule has 2 aromatic carbocycles. The van der Waals surface area contributed by atoms with E-state index in [0.717, 1.165) is 23.8 Å². The van der Waals surface area contributed by atoms with Crippen LogP contribution in [0.5, 0.6) is 5.75 Å². The third-order valence-electron chi connectivity index (χ3n) is 3.41. The summed E-state index contributed by atoms with van der Waals surface area (Å²) < 4.78 is 55.1. The minimum atomic E-state index is -4.38. The number of nitrogens with zero attached hydrogens (tertiary/aromatic N) is 1. The molecule has 0 radical (unpaired) electrons. The molecule has 11 heteroatoms. The van der Waals surface area contributed by atoms with Crippen LogP contribution in [0.1, 0.15) is 5.56 Å². The lowest BCUT2D eigenvalue weighted by molar-refractivity contribution is -0.384. The second kappa shape index (κ2) is 9.31. The van der Waals surface area contributed by atoms with E-state index < -0.39 is 29.6 Å². The molecular formula is C17H15F4N3O3S. The van der Waals surface area contributed by atoms with Gasteiger partial charge in [0, 0.05) is 18.7 Å². The van der Waals surface area contributed by atoms with E-state index in [2.05, 4.69) is 15.4 Å². The van der Waals surface area contributed by atoms with Gasteiger partial charge in [0.15, 0.2) is 11.7 Å². The molecule has 0 saturated heterocycles. The zero-order valence-electron chi connectivity index (χ0n) is 14.2. The highest BCUT2D eigenvalue weighted by molar-refractivity contribution is 7.80. The molecule has 0 atom stereocenters. The molecule has 2 N–H and O–H groups in total. The number of hydrogen-bond donors (Lipinski definition) is 2. The molecule has 6 nitrogen and oxygen atoms in total. The Labute approximate surface area is 162 Å². The summed E-state index contributed by atoms with van der Waals surface area (Å²) in [5, 5.41) is 16.7. The first kappa shape index (κ1) is 21.4. The van der Waals surface area contributed by atoms with Crippen LogP contribution in [0.2, 0.25) is 0 Å². The number of nitro groups is 1. The minimum absolute atomic E-state index is 0.0788. The standard InChI is InChI=1S/C17H15F4N3O3S/c18-15(19)17(20,21)10-27-14-7-12(6-13(8-14)24(25)26)23-16(28)22-9-11-4-2-1-3-5-11/h1-8,15H,9-10H2,(H2,22,23,28). The van der Waals surface area contributed by atoms with Crippen molar-refractivity contribution in [2.24, 2.45) is 0 Å². The average Bonchev–Trinajstić information content (AvgIpc) is 2.65. The number of nitrogens with one attached hydrogen (secondary N) is 2. The number of hydrogen-bond acceptors (Lipinski definition) is 4. The molecule has 2 aromatic rings. The van der Waals surface area contributed by atoms with E-state index >= 15 is 0 Å². The first-order valence-electron chi connectivity index (χ1n) is 7.84. The fourth-order valence-electron chi connectivity index (χ4n) is 2.04. The quantitative estimate of drug-likeness (QED) is 0.288. The fourth-order valence-corrected chi connectivity index (χ4v) is 2.23. The first-order valence-corrected chi connectivity index (χ1v) is 8.25. The normalized spacial score (nSPS) is 11.2. The zero-order chi connectivity index (χ0) is 20.7. The maximum atomic E-state index is 13.0. The molecule has 0 aliphatic rings. The Kier molecular flexibility index (Phi) is 7.10. The van der Waals surface area contributed by atoms with Gasteiger partial charge in [-0.15, -0.1) is 0 Å². The van der Waals surface area contributed by atoms with Crippen LogP contribution in [0.4, 0.5) is 28.9 Å². The number of benzene rings is 2. The Hall–Kier alpha value is -2.95. The lowest BCUT2D eigenvalue weighted by Gasteiger charge is -2.17. The molecular weight excluding hydrogens is 402 g/mol. The molecule has 0 aliphatic heterocycles. The number of rotatable bonds is 8. The van der Waals surface area contributed by atoms with Crippen molar-refractivity contribution in [2.45, 2.75) is 18.9 Å². The third kappa shape index (κ3) is 6.34. The third-order valence-corrected chi connectivity index (χ3v) is 3.65. The second-order valence-electron chi connectivity index (χ2n) is 5.62. The number of ether oxygens (including phenoxy) is 1. The minimum Gasteiger partial charge on any atom is -0.487 e. The number of nitro benzene ring substituents is 1. The van der Waals surface area contributed by atoms with E-state index in [4.69, 9.17) is 12.2 Å². The highest BCUT2D eigenvalue weighted by atomic mass is 32.1. The van der Waals surface area contributed by atoms with Crippen molar-refractivity contribution >= 4 is 28.7 Å². The average molecular weight is 417 g/mol. The number of non-ortho nitro benzene ring substituents is 1. The second-order valence-corrected chi connectivity index (χ2v) is 6.02. The topological polar surface area (TPSA) is 76.4 Å². The van der Waals surface area contributed by atoms with Crippen molar-refractivity contribution in [1.29, 1.82) is 0 Å². The molecule has 150 valence electrons. The first-order chi connectivity index (χ1) is 13.2. The number of anilines is 1. The number of halogens is 4. The van der Waals surface area contributed by atoms with Gasteiger partial charge in [-0.3, -0.25) is 10.1 Å². The van der Waals surface area contributed by atoms with Gasteiger partial charge in [0.05, 0.1) is 16.7 Å². The highest BCUT2D eigenvalue weighted by Gasteiger charge is 2.41. The van der Waals surface area contributed by atoms with Crippen LogP contribution in [0.15, 0.2) is 48.5 Å². The van der Waals surface area contributed by atoms with Crippen LogP contribution in [0.25, 0.3) is 0 Å². The maximum absolute atomic E-state index is 13.0. The predicted molar refractivity (Wildman–Crippen MR) is 99.0 cm³/mol. The Balaban J connectivity index is 2.07. The molecule has 0 bridgehead atoms. The van der Waals surface area contributed by atoms with E-state index in [1.807, 2.05) is 30.3 Å². The van der Waals surface area contributed by atoms with Crippen LogP contribution in [0.3, 0.4) is 0 Å². The summed E-state index contributed by atoms with van der Waals surface area (Å²) in [7, 11) is 0. The summed E-state index contributed by atoms with van der Waals surface area (Å²) in [6.45, 7) is -1.24. The van der Waals surface area contributed by atoms with Gasteiger partial charge in [-0.1, -0.05) is 30.3 Å². The van der Waals surface area contributed by atoms with Gasteiger partial charge in [-0.2, -0.15) is 8.78 Å². The zero-order valence-corrected chi connectivity index (χ0v) is 15.0. The Morgan fingerprint density at radius 1 is 1.21 bits per heavy atom. The molecule has 0 heterocycles. The molecule has 0 aliphatic carbocycles. The van der Waals surface area contributed by atoms with Crippen LogP contribution < -0.4 is 15.4 Å². The predicted octanol–water partition coefficient (Wildman–Crippen LogP) is 4.36. The summed E-state index contributed by atoms with van der Waals surface area (Å²) in [5.74, 6) is -4.76. The van der Waals surface area contributed by atoms with Crippen molar-refractivity contribution in [3.8, 4) is 5.75 Å². The lowest BCUT2D eigenvalue weighted by atomic mass is 10.2. The molecule has 0 unspecified atom stereocenters. The van der Waals surface area contributed by atoms with Gasteiger partial charge in [0.1, 0.15) is 5.75 Å². The largest absolute Gasteiger partial charge is 0.487 e. The fraction of sp³-hybridized carbons (Fsp3) is 0.235. The Morgan fingerprint density at radius 2 is 1.89 bits per heavy atom. The van der Waals surface area contributed by atoms with Gasteiger partial charge < -0.3 is 15.4 Å². The van der Waals surface area contributed by atoms with E-state index in [1.54, 1.807) is 0 Å². The summed E-state index contributed by atoms with van der Waals surface area (Å²) >= 11 is 5.09. The van der Waals surface area contributed by atoms with E-state index in [-0.39, 0.29) is 16.5 Å². The number of thiocarbonyl (C=S) groups is 1. The lowest BCUT2D eigenvalue weighted by Crippen LogP contribution is -2.33. The van der Waals surface area contributed by atoms with Crippen LogP contribution in [0, 0.1) is 10.1 Å². The van der Waals surface area contributed by atoms with Gasteiger partial charge in [-0.25, -0.2) is 8.78 Å². The van der Waals surface area contributed by atoms with Gasteiger partial charge in [-0.05, 0) is 17.8 Å². The molecule has 0 aromatic heterocycles. The molecule has 28 heavy (non-hydrogen) atoms. The maximum Gasteiger partial charge on any atom is 0.340 e. The monoisotopic (exact) mass is 417 g/mol. The van der Waals surface area contributed by atoms with Crippen molar-refractivity contribution in [3.05, 3.63) is 64.2 Å². The van der Waals surface area contributed by atoms with E-state index in [9.17, 15) is 27.7 Å². The Morgan fingerprint density at radius 3 is 2.50 bits per heavy atom.